The first-order valence-electron chi connectivity index (χ1n) is 12.7. The number of carbonyl (C=O) groups is 2. The number of halogens is 1. The van der Waals surface area contributed by atoms with Gasteiger partial charge >= 0.3 is 0 Å². The van der Waals surface area contributed by atoms with Gasteiger partial charge in [0.1, 0.15) is 16.5 Å². The second kappa shape index (κ2) is 9.44. The molecule has 1 fully saturated rings. The van der Waals surface area contributed by atoms with E-state index in [1.165, 1.54) is 34.3 Å². The van der Waals surface area contributed by atoms with Crippen LogP contribution in [-0.2, 0) is 11.2 Å². The van der Waals surface area contributed by atoms with Gasteiger partial charge in [0.2, 0.25) is 11.3 Å². The van der Waals surface area contributed by atoms with Gasteiger partial charge in [0, 0.05) is 46.2 Å². The number of carbonyl (C=O) groups excluding carboxylic acids is 2. The molecule has 2 amide bonds. The predicted octanol–water partition coefficient (Wildman–Crippen LogP) is 2.82. The largest absolute Gasteiger partial charge is 0.502 e. The van der Waals surface area contributed by atoms with Gasteiger partial charge in [0.05, 0.1) is 5.56 Å². The molecule has 5 rings (SSSR count). The lowest BCUT2D eigenvalue weighted by Crippen LogP contribution is -2.69. The Morgan fingerprint density at radius 3 is 2.36 bits per heavy atom. The van der Waals surface area contributed by atoms with Gasteiger partial charge in [-0.05, 0) is 43.4 Å². The molecule has 206 valence electrons. The Labute approximate surface area is 229 Å². The standard InChI is InChI=1S/C27H31FN6O4S/c1-26(25(38)31(2)3)10-12-27(13-11-26)32(4)24(37)20-22(36)21(35)18(15-34(20)33(27)5)23-30-29-19(39-23)14-16-6-8-17(28)9-7-16/h6-9,15,36H,10-14H2,1-5H3. The molecule has 1 N–H and O–H groups in total. The highest BCUT2D eigenvalue weighted by molar-refractivity contribution is 7.14. The van der Waals surface area contributed by atoms with Crippen molar-refractivity contribution in [2.75, 3.05) is 33.2 Å². The van der Waals surface area contributed by atoms with Gasteiger partial charge < -0.3 is 14.9 Å². The molecule has 1 saturated carbocycles. The van der Waals surface area contributed by atoms with E-state index in [9.17, 15) is 23.9 Å². The van der Waals surface area contributed by atoms with E-state index in [4.69, 9.17) is 0 Å². The molecular weight excluding hydrogens is 523 g/mol. The molecule has 12 heteroatoms. The number of nitrogens with zero attached hydrogens (tertiary/aromatic N) is 6. The van der Waals surface area contributed by atoms with E-state index in [1.54, 1.807) is 43.1 Å². The first kappa shape index (κ1) is 26.8. The van der Waals surface area contributed by atoms with Gasteiger partial charge in [-0.3, -0.25) is 24.1 Å². The SMILES string of the molecule is CN(C)C(=O)C1(C)CCC2(CC1)N(C)C(=O)c1c(O)c(=O)c(-c3nnc(Cc4ccc(F)cc4)s3)cn1N2C. The van der Waals surface area contributed by atoms with E-state index < -0.39 is 28.2 Å². The summed E-state index contributed by atoms with van der Waals surface area (Å²) < 4.78 is 14.8. The highest BCUT2D eigenvalue weighted by Gasteiger charge is 2.53. The molecule has 0 radical (unpaired) electrons. The Hall–Kier alpha value is -3.80. The minimum atomic E-state index is -0.746. The van der Waals surface area contributed by atoms with Gasteiger partial charge in [-0.25, -0.2) is 4.39 Å². The molecule has 1 spiro atoms. The lowest BCUT2D eigenvalue weighted by atomic mass is 9.69. The number of aromatic nitrogens is 3. The van der Waals surface area contributed by atoms with Gasteiger partial charge in [0.25, 0.3) is 5.91 Å². The number of hydrogen-bond donors (Lipinski definition) is 1. The van der Waals surface area contributed by atoms with Crippen molar-refractivity contribution in [3.63, 3.8) is 0 Å². The molecule has 1 aromatic carbocycles. The van der Waals surface area contributed by atoms with Gasteiger partial charge in [0.15, 0.2) is 16.5 Å². The molecular formula is C27H31FN6O4S. The van der Waals surface area contributed by atoms with Crippen LogP contribution in [0.2, 0.25) is 0 Å². The topological polar surface area (TPSA) is 112 Å². The monoisotopic (exact) mass is 554 g/mol. The Balaban J connectivity index is 1.50. The van der Waals surface area contributed by atoms with Crippen LogP contribution < -0.4 is 10.4 Å². The summed E-state index contributed by atoms with van der Waals surface area (Å²) >= 11 is 1.20. The van der Waals surface area contributed by atoms with Crippen LogP contribution in [0.1, 0.15) is 53.7 Å². The Kier molecular flexibility index (Phi) is 6.48. The number of benzene rings is 1. The molecule has 0 bridgehead atoms. The fraction of sp³-hybridized carbons (Fsp3) is 0.444. The van der Waals surface area contributed by atoms with Crippen LogP contribution in [0.25, 0.3) is 10.6 Å². The van der Waals surface area contributed by atoms with Crippen molar-refractivity contribution < 1.29 is 19.1 Å². The van der Waals surface area contributed by atoms with Crippen LogP contribution in [-0.4, -0.2) is 75.4 Å². The fourth-order valence-electron chi connectivity index (χ4n) is 5.77. The summed E-state index contributed by atoms with van der Waals surface area (Å²) in [7, 11) is 6.98. The number of hydrogen-bond acceptors (Lipinski definition) is 8. The third-order valence-electron chi connectivity index (χ3n) is 8.26. The van der Waals surface area contributed by atoms with Crippen molar-refractivity contribution in [3.8, 4) is 16.3 Å². The maximum atomic E-state index is 13.5. The summed E-state index contributed by atoms with van der Waals surface area (Å²) in [6, 6.07) is 6.06. The van der Waals surface area contributed by atoms with Crippen molar-refractivity contribution in [1.82, 2.24) is 24.7 Å². The molecule has 0 atom stereocenters. The number of amides is 2. The van der Waals surface area contributed by atoms with E-state index in [2.05, 4.69) is 10.2 Å². The third-order valence-corrected chi connectivity index (χ3v) is 9.22. The number of pyridine rings is 1. The summed E-state index contributed by atoms with van der Waals surface area (Å²) in [5.41, 5.74) is -1.13. The van der Waals surface area contributed by atoms with E-state index in [-0.39, 0.29) is 23.0 Å². The quantitative estimate of drug-likeness (QED) is 0.528. The van der Waals surface area contributed by atoms with Crippen molar-refractivity contribution in [2.45, 2.75) is 44.7 Å². The smallest absolute Gasteiger partial charge is 0.278 e. The van der Waals surface area contributed by atoms with Crippen LogP contribution in [0.15, 0.2) is 35.3 Å². The van der Waals surface area contributed by atoms with Crippen molar-refractivity contribution in [2.24, 2.45) is 5.41 Å². The first-order valence-corrected chi connectivity index (χ1v) is 13.5. The number of fused-ring (bicyclic) bond motifs is 1. The summed E-state index contributed by atoms with van der Waals surface area (Å²) in [4.78, 5) is 42.8. The number of rotatable bonds is 4. The molecule has 0 saturated heterocycles. The van der Waals surface area contributed by atoms with Crippen LogP contribution in [0.3, 0.4) is 0 Å². The first-order chi connectivity index (χ1) is 18.4. The van der Waals surface area contributed by atoms with Crippen LogP contribution in [0, 0.1) is 11.2 Å². The minimum Gasteiger partial charge on any atom is -0.502 e. The van der Waals surface area contributed by atoms with Gasteiger partial charge in [-0.15, -0.1) is 10.2 Å². The fourth-order valence-corrected chi connectivity index (χ4v) is 6.65. The number of aromatic hydroxyl groups is 1. The highest BCUT2D eigenvalue weighted by atomic mass is 32.1. The van der Waals surface area contributed by atoms with E-state index >= 15 is 0 Å². The van der Waals surface area contributed by atoms with E-state index in [1.807, 2.05) is 19.0 Å². The van der Waals surface area contributed by atoms with Crippen LogP contribution in [0.5, 0.6) is 5.75 Å². The zero-order valence-electron chi connectivity index (χ0n) is 22.6. The molecule has 3 aromatic rings. The molecule has 1 aliphatic carbocycles. The Morgan fingerprint density at radius 1 is 1.10 bits per heavy atom. The van der Waals surface area contributed by atoms with Gasteiger partial charge in [-0.2, -0.15) is 0 Å². The highest BCUT2D eigenvalue weighted by Crippen LogP contribution is 2.47. The summed E-state index contributed by atoms with van der Waals surface area (Å²) in [5.74, 6) is -1.39. The zero-order chi connectivity index (χ0) is 28.3. The second-order valence-corrected chi connectivity index (χ2v) is 11.9. The molecule has 1 aliphatic heterocycles. The van der Waals surface area contributed by atoms with Crippen molar-refractivity contribution in [1.29, 1.82) is 0 Å². The van der Waals surface area contributed by atoms with Gasteiger partial charge in [-0.1, -0.05) is 30.4 Å². The molecule has 39 heavy (non-hydrogen) atoms. The predicted molar refractivity (Wildman–Crippen MR) is 145 cm³/mol. The average Bonchev–Trinajstić information content (AvgIpc) is 3.37. The third kappa shape index (κ3) is 4.26. The lowest BCUT2D eigenvalue weighted by molar-refractivity contribution is -0.142. The lowest BCUT2D eigenvalue weighted by Gasteiger charge is -2.57. The Bertz CT molecular complexity index is 1510. The summed E-state index contributed by atoms with van der Waals surface area (Å²) in [6.07, 6.45) is 4.15. The zero-order valence-corrected chi connectivity index (χ0v) is 23.4. The molecule has 2 aliphatic rings. The summed E-state index contributed by atoms with van der Waals surface area (Å²) in [5, 5.41) is 22.1. The molecule has 3 heterocycles. The van der Waals surface area contributed by atoms with Crippen molar-refractivity contribution in [3.05, 3.63) is 62.8 Å². The second-order valence-electron chi connectivity index (χ2n) is 10.8. The maximum Gasteiger partial charge on any atom is 0.278 e. The average molecular weight is 555 g/mol. The van der Waals surface area contributed by atoms with E-state index in [0.717, 1.165) is 5.56 Å². The Morgan fingerprint density at radius 2 is 1.74 bits per heavy atom. The van der Waals surface area contributed by atoms with Crippen LogP contribution in [0.4, 0.5) is 4.39 Å². The molecule has 10 nitrogen and oxygen atoms in total. The maximum absolute atomic E-state index is 13.5. The van der Waals surface area contributed by atoms with E-state index in [0.29, 0.717) is 42.1 Å². The molecule has 0 unspecified atom stereocenters. The van der Waals surface area contributed by atoms with Crippen LogP contribution >= 0.6 is 11.3 Å². The molecule has 2 aromatic heterocycles. The minimum absolute atomic E-state index is 0.0569. The van der Waals surface area contributed by atoms with Crippen molar-refractivity contribution >= 4 is 23.2 Å². The summed E-state index contributed by atoms with van der Waals surface area (Å²) in [6.45, 7) is 1.96. The normalized spacial score (nSPS) is 22.8.